The first-order valence-corrected chi connectivity index (χ1v) is 6.94. The van der Waals surface area contributed by atoms with E-state index >= 15 is 0 Å². The fourth-order valence-electron chi connectivity index (χ4n) is 2.43. The van der Waals surface area contributed by atoms with Gasteiger partial charge in [0.15, 0.2) is 0 Å². The molecule has 0 saturated carbocycles. The minimum Gasteiger partial charge on any atom is -0.376 e. The highest BCUT2D eigenvalue weighted by Crippen LogP contribution is 2.22. The van der Waals surface area contributed by atoms with Gasteiger partial charge in [0.05, 0.1) is 6.54 Å². The molecule has 0 fully saturated rings. The van der Waals surface area contributed by atoms with Gasteiger partial charge in [-0.3, -0.25) is 4.79 Å². The van der Waals surface area contributed by atoms with Crippen LogP contribution in [0, 0.1) is 32.4 Å². The van der Waals surface area contributed by atoms with Crippen molar-refractivity contribution < 1.29 is 13.6 Å². The maximum absolute atomic E-state index is 13.5. The van der Waals surface area contributed by atoms with Gasteiger partial charge in [-0.25, -0.2) is 8.78 Å². The van der Waals surface area contributed by atoms with Gasteiger partial charge in [0, 0.05) is 5.69 Å². The quantitative estimate of drug-likeness (QED) is 0.898. The molecule has 0 radical (unpaired) electrons. The Labute approximate surface area is 128 Å². The Morgan fingerprint density at radius 3 is 2.09 bits per heavy atom. The number of halogens is 2. The van der Waals surface area contributed by atoms with Crippen molar-refractivity contribution in [2.75, 3.05) is 17.2 Å². The summed E-state index contributed by atoms with van der Waals surface area (Å²) < 4.78 is 26.9. The van der Waals surface area contributed by atoms with E-state index in [4.69, 9.17) is 0 Å². The maximum Gasteiger partial charge on any atom is 0.243 e. The largest absolute Gasteiger partial charge is 0.376 e. The lowest BCUT2D eigenvalue weighted by Gasteiger charge is -2.14. The van der Waals surface area contributed by atoms with Gasteiger partial charge in [-0.05, 0) is 44.0 Å². The topological polar surface area (TPSA) is 41.1 Å². The zero-order chi connectivity index (χ0) is 16.3. The molecular weight excluding hydrogens is 286 g/mol. The third kappa shape index (κ3) is 3.61. The number of para-hydroxylation sites is 1. The summed E-state index contributed by atoms with van der Waals surface area (Å²) in [5, 5.41) is 5.26. The van der Waals surface area contributed by atoms with Crippen LogP contribution in [0.2, 0.25) is 0 Å². The van der Waals surface area contributed by atoms with Crippen LogP contribution in [0.1, 0.15) is 16.7 Å². The molecule has 2 rings (SSSR count). The number of hydrogen-bond donors (Lipinski definition) is 2. The number of carbonyl (C=O) groups excluding carboxylic acids is 1. The fourth-order valence-corrected chi connectivity index (χ4v) is 2.43. The number of nitrogens with one attached hydrogen (secondary N) is 2. The lowest BCUT2D eigenvalue weighted by molar-refractivity contribution is -0.114. The fraction of sp³-hybridized carbons (Fsp3) is 0.235. The number of anilines is 2. The standard InChI is InChI=1S/C17H18F2N2O/c1-10-7-11(2)16(12(3)8-10)20-9-15(22)21-17-13(18)5-4-6-14(17)19/h4-8,20H,9H2,1-3H3,(H,21,22). The van der Waals surface area contributed by atoms with Crippen molar-refractivity contribution in [3.8, 4) is 0 Å². The summed E-state index contributed by atoms with van der Waals surface area (Å²) in [6.07, 6.45) is 0. The smallest absolute Gasteiger partial charge is 0.243 e. The molecule has 22 heavy (non-hydrogen) atoms. The Hall–Kier alpha value is -2.43. The first kappa shape index (κ1) is 15.9. The molecule has 0 aliphatic carbocycles. The molecule has 0 bridgehead atoms. The van der Waals surface area contributed by atoms with Crippen LogP contribution >= 0.6 is 0 Å². The van der Waals surface area contributed by atoms with Gasteiger partial charge in [-0.15, -0.1) is 0 Å². The molecule has 2 aromatic carbocycles. The molecule has 116 valence electrons. The molecule has 0 saturated heterocycles. The van der Waals surface area contributed by atoms with Crippen molar-refractivity contribution in [3.63, 3.8) is 0 Å². The zero-order valence-electron chi connectivity index (χ0n) is 12.8. The summed E-state index contributed by atoms with van der Waals surface area (Å²) in [6.45, 7) is 5.81. The van der Waals surface area contributed by atoms with Crippen LogP contribution in [-0.4, -0.2) is 12.5 Å². The number of hydrogen-bond acceptors (Lipinski definition) is 2. The Balaban J connectivity index is 2.05. The molecule has 0 aromatic heterocycles. The molecule has 0 aliphatic rings. The number of benzene rings is 2. The normalized spacial score (nSPS) is 10.4. The van der Waals surface area contributed by atoms with Gasteiger partial charge in [0.25, 0.3) is 0 Å². The van der Waals surface area contributed by atoms with E-state index in [0.717, 1.165) is 34.5 Å². The van der Waals surface area contributed by atoms with Gasteiger partial charge in [-0.1, -0.05) is 23.8 Å². The van der Waals surface area contributed by atoms with Crippen LogP contribution in [0.25, 0.3) is 0 Å². The van der Waals surface area contributed by atoms with Gasteiger partial charge in [0.2, 0.25) is 5.91 Å². The van der Waals surface area contributed by atoms with Crippen molar-refractivity contribution in [1.29, 1.82) is 0 Å². The predicted octanol–water partition coefficient (Wildman–Crippen LogP) is 3.94. The van der Waals surface area contributed by atoms with Crippen LogP contribution in [0.15, 0.2) is 30.3 Å². The highest BCUT2D eigenvalue weighted by molar-refractivity contribution is 5.94. The molecule has 0 unspecified atom stereocenters. The van der Waals surface area contributed by atoms with E-state index in [1.165, 1.54) is 6.07 Å². The highest BCUT2D eigenvalue weighted by atomic mass is 19.1. The number of carbonyl (C=O) groups is 1. The van der Waals surface area contributed by atoms with E-state index in [2.05, 4.69) is 10.6 Å². The Morgan fingerprint density at radius 1 is 1.00 bits per heavy atom. The molecule has 1 amide bonds. The second-order valence-electron chi connectivity index (χ2n) is 5.27. The Morgan fingerprint density at radius 2 is 1.55 bits per heavy atom. The molecule has 0 aliphatic heterocycles. The molecule has 3 nitrogen and oxygen atoms in total. The second kappa shape index (κ2) is 6.56. The maximum atomic E-state index is 13.5. The molecule has 2 aromatic rings. The number of amides is 1. The summed E-state index contributed by atoms with van der Waals surface area (Å²) in [7, 11) is 0. The lowest BCUT2D eigenvalue weighted by atomic mass is 10.1. The van der Waals surface area contributed by atoms with Crippen molar-refractivity contribution in [2.45, 2.75) is 20.8 Å². The van der Waals surface area contributed by atoms with Crippen molar-refractivity contribution in [2.24, 2.45) is 0 Å². The van der Waals surface area contributed by atoms with Crippen molar-refractivity contribution >= 4 is 17.3 Å². The van der Waals surface area contributed by atoms with Crippen LogP contribution in [-0.2, 0) is 4.79 Å². The second-order valence-corrected chi connectivity index (χ2v) is 5.27. The van der Waals surface area contributed by atoms with E-state index in [1.54, 1.807) is 0 Å². The van der Waals surface area contributed by atoms with Crippen LogP contribution in [0.4, 0.5) is 20.2 Å². The van der Waals surface area contributed by atoms with Gasteiger partial charge in [-0.2, -0.15) is 0 Å². The SMILES string of the molecule is Cc1cc(C)c(NCC(=O)Nc2c(F)cccc2F)c(C)c1. The molecular formula is C17H18F2N2O. The van der Waals surface area contributed by atoms with E-state index in [-0.39, 0.29) is 6.54 Å². The van der Waals surface area contributed by atoms with Crippen LogP contribution in [0.5, 0.6) is 0 Å². The molecule has 0 heterocycles. The van der Waals surface area contributed by atoms with E-state index in [0.29, 0.717) is 0 Å². The van der Waals surface area contributed by atoms with Gasteiger partial charge in [0.1, 0.15) is 17.3 Å². The minimum atomic E-state index is -0.795. The summed E-state index contributed by atoms with van der Waals surface area (Å²) in [5.41, 5.74) is 3.60. The van der Waals surface area contributed by atoms with Crippen molar-refractivity contribution in [3.05, 3.63) is 58.7 Å². The van der Waals surface area contributed by atoms with Crippen LogP contribution < -0.4 is 10.6 Å². The van der Waals surface area contributed by atoms with E-state index in [1.807, 2.05) is 32.9 Å². The lowest BCUT2D eigenvalue weighted by Crippen LogP contribution is -2.23. The molecule has 5 heteroatoms. The summed E-state index contributed by atoms with van der Waals surface area (Å²) in [5.74, 6) is -2.10. The van der Waals surface area contributed by atoms with Gasteiger partial charge >= 0.3 is 0 Å². The third-order valence-corrected chi connectivity index (χ3v) is 3.33. The first-order chi connectivity index (χ1) is 10.4. The number of aryl methyl sites for hydroxylation is 3. The summed E-state index contributed by atoms with van der Waals surface area (Å²) in [6, 6.07) is 7.45. The molecule has 0 atom stereocenters. The monoisotopic (exact) mass is 304 g/mol. The van der Waals surface area contributed by atoms with E-state index in [9.17, 15) is 13.6 Å². The number of rotatable bonds is 4. The summed E-state index contributed by atoms with van der Waals surface area (Å²) >= 11 is 0. The first-order valence-electron chi connectivity index (χ1n) is 6.94. The highest BCUT2D eigenvalue weighted by Gasteiger charge is 2.12. The average molecular weight is 304 g/mol. The van der Waals surface area contributed by atoms with Crippen molar-refractivity contribution in [1.82, 2.24) is 0 Å². The van der Waals surface area contributed by atoms with Gasteiger partial charge < -0.3 is 10.6 Å². The Bertz CT molecular complexity index is 671. The Kier molecular flexibility index (Phi) is 4.75. The predicted molar refractivity (Wildman–Crippen MR) is 84.1 cm³/mol. The third-order valence-electron chi connectivity index (χ3n) is 3.33. The summed E-state index contributed by atoms with van der Waals surface area (Å²) in [4.78, 5) is 11.9. The molecule has 2 N–H and O–H groups in total. The van der Waals surface area contributed by atoms with Crippen LogP contribution in [0.3, 0.4) is 0 Å². The molecule has 0 spiro atoms. The minimum absolute atomic E-state index is 0.0709. The zero-order valence-corrected chi connectivity index (χ0v) is 12.8. The average Bonchev–Trinajstić information content (AvgIpc) is 2.42. The van der Waals surface area contributed by atoms with E-state index < -0.39 is 23.2 Å².